The molecule has 4 rings (SSSR count). The monoisotopic (exact) mass is 391 g/mol. The highest BCUT2D eigenvalue weighted by Gasteiger charge is 2.48. The SMILES string of the molecule is O=C1C(CC[C@@H](O)c2ccccc2)C(c2ccc(O)cc2)N1c1ccc(F)cc1. The second kappa shape index (κ2) is 8.05. The fourth-order valence-electron chi connectivity index (χ4n) is 3.95. The molecule has 0 bridgehead atoms. The molecule has 1 heterocycles. The summed E-state index contributed by atoms with van der Waals surface area (Å²) in [6.45, 7) is 0. The number of aliphatic hydroxyl groups is 1. The average molecular weight is 391 g/mol. The maximum absolute atomic E-state index is 13.3. The zero-order valence-electron chi connectivity index (χ0n) is 15.8. The van der Waals surface area contributed by atoms with E-state index >= 15 is 0 Å². The van der Waals surface area contributed by atoms with Crippen LogP contribution in [0, 0.1) is 11.7 Å². The molecule has 3 atom stereocenters. The molecule has 3 aromatic carbocycles. The molecule has 4 nitrogen and oxygen atoms in total. The van der Waals surface area contributed by atoms with E-state index in [0.29, 0.717) is 18.5 Å². The summed E-state index contributed by atoms with van der Waals surface area (Å²) in [7, 11) is 0. The fraction of sp³-hybridized carbons (Fsp3) is 0.208. The number of phenols is 1. The Kier molecular flexibility index (Phi) is 5.32. The summed E-state index contributed by atoms with van der Waals surface area (Å²) in [5.74, 6) is -0.535. The van der Waals surface area contributed by atoms with Crippen LogP contribution in [0.5, 0.6) is 5.75 Å². The van der Waals surface area contributed by atoms with Gasteiger partial charge in [-0.3, -0.25) is 4.79 Å². The second-order valence-corrected chi connectivity index (χ2v) is 7.33. The van der Waals surface area contributed by atoms with Crippen molar-refractivity contribution < 1.29 is 19.4 Å². The van der Waals surface area contributed by atoms with E-state index in [1.165, 1.54) is 12.1 Å². The quantitative estimate of drug-likeness (QED) is 0.596. The van der Waals surface area contributed by atoms with Crippen LogP contribution in [0.1, 0.15) is 36.1 Å². The molecule has 0 radical (unpaired) electrons. The Morgan fingerprint density at radius 1 is 0.931 bits per heavy atom. The lowest BCUT2D eigenvalue weighted by atomic mass is 9.78. The van der Waals surface area contributed by atoms with Gasteiger partial charge in [-0.1, -0.05) is 42.5 Å². The smallest absolute Gasteiger partial charge is 0.233 e. The summed E-state index contributed by atoms with van der Waals surface area (Å²) >= 11 is 0. The van der Waals surface area contributed by atoms with Gasteiger partial charge in [0.15, 0.2) is 0 Å². The van der Waals surface area contributed by atoms with Crippen molar-refractivity contribution in [2.75, 3.05) is 4.90 Å². The number of phenolic OH excluding ortho intramolecular Hbond substituents is 1. The van der Waals surface area contributed by atoms with Crippen molar-refractivity contribution in [1.82, 2.24) is 0 Å². The molecule has 29 heavy (non-hydrogen) atoms. The van der Waals surface area contributed by atoms with Gasteiger partial charge in [0, 0.05) is 5.69 Å². The van der Waals surface area contributed by atoms with E-state index in [1.54, 1.807) is 41.3 Å². The van der Waals surface area contributed by atoms with Crippen molar-refractivity contribution in [2.24, 2.45) is 5.92 Å². The van der Waals surface area contributed by atoms with Crippen molar-refractivity contribution in [3.8, 4) is 5.75 Å². The van der Waals surface area contributed by atoms with Gasteiger partial charge in [-0.05, 0) is 60.4 Å². The Morgan fingerprint density at radius 3 is 2.24 bits per heavy atom. The minimum absolute atomic E-state index is 0.0463. The largest absolute Gasteiger partial charge is 0.508 e. The lowest BCUT2D eigenvalue weighted by Gasteiger charge is -2.48. The summed E-state index contributed by atoms with van der Waals surface area (Å²) in [6, 6.07) is 21.8. The molecule has 1 amide bonds. The summed E-state index contributed by atoms with van der Waals surface area (Å²) < 4.78 is 13.3. The summed E-state index contributed by atoms with van der Waals surface area (Å²) in [5.41, 5.74) is 2.36. The predicted octanol–water partition coefficient (Wildman–Crippen LogP) is 4.75. The Labute approximate surface area is 168 Å². The molecule has 3 aromatic rings. The number of aliphatic hydroxyl groups excluding tert-OH is 1. The van der Waals surface area contributed by atoms with Gasteiger partial charge in [0.05, 0.1) is 18.1 Å². The molecule has 1 saturated heterocycles. The van der Waals surface area contributed by atoms with Crippen LogP contribution in [0.2, 0.25) is 0 Å². The Hall–Kier alpha value is -3.18. The molecule has 1 aliphatic rings. The maximum Gasteiger partial charge on any atom is 0.233 e. The fourth-order valence-corrected chi connectivity index (χ4v) is 3.95. The molecule has 0 saturated carbocycles. The van der Waals surface area contributed by atoms with Crippen LogP contribution in [-0.4, -0.2) is 16.1 Å². The van der Waals surface area contributed by atoms with Gasteiger partial charge >= 0.3 is 0 Å². The van der Waals surface area contributed by atoms with Gasteiger partial charge in [-0.2, -0.15) is 0 Å². The number of hydrogen-bond acceptors (Lipinski definition) is 3. The molecule has 1 fully saturated rings. The minimum atomic E-state index is -0.635. The van der Waals surface area contributed by atoms with Crippen molar-refractivity contribution in [3.05, 3.63) is 95.8 Å². The highest BCUT2D eigenvalue weighted by molar-refractivity contribution is 6.03. The first-order valence-electron chi connectivity index (χ1n) is 9.65. The third-order valence-electron chi connectivity index (χ3n) is 5.49. The van der Waals surface area contributed by atoms with Crippen LogP contribution < -0.4 is 4.90 Å². The average Bonchev–Trinajstić information content (AvgIpc) is 2.74. The minimum Gasteiger partial charge on any atom is -0.508 e. The van der Waals surface area contributed by atoms with E-state index in [2.05, 4.69) is 0 Å². The number of carbonyl (C=O) groups is 1. The number of amides is 1. The van der Waals surface area contributed by atoms with Crippen LogP contribution in [-0.2, 0) is 4.79 Å². The second-order valence-electron chi connectivity index (χ2n) is 7.33. The Bertz CT molecular complexity index is 973. The van der Waals surface area contributed by atoms with Crippen molar-refractivity contribution in [3.63, 3.8) is 0 Å². The summed E-state index contributed by atoms with van der Waals surface area (Å²) in [5, 5.41) is 20.1. The van der Waals surface area contributed by atoms with E-state index in [0.717, 1.165) is 11.1 Å². The molecular weight excluding hydrogens is 369 g/mol. The molecule has 5 heteroatoms. The normalized spacial score (nSPS) is 19.7. The number of rotatable bonds is 6. The number of benzene rings is 3. The number of nitrogens with zero attached hydrogens (tertiary/aromatic N) is 1. The van der Waals surface area contributed by atoms with E-state index in [-0.39, 0.29) is 29.4 Å². The van der Waals surface area contributed by atoms with Crippen molar-refractivity contribution in [1.29, 1.82) is 0 Å². The van der Waals surface area contributed by atoms with Gasteiger partial charge in [0.1, 0.15) is 11.6 Å². The molecular formula is C24H22FNO3. The van der Waals surface area contributed by atoms with E-state index in [9.17, 15) is 19.4 Å². The van der Waals surface area contributed by atoms with E-state index in [1.807, 2.05) is 30.3 Å². The number of aromatic hydroxyl groups is 1. The van der Waals surface area contributed by atoms with Gasteiger partial charge in [-0.25, -0.2) is 4.39 Å². The standard InChI is InChI=1S/C24H22FNO3/c25-18-8-10-19(11-9-18)26-23(17-6-12-20(27)13-7-17)21(24(26)29)14-15-22(28)16-4-2-1-3-5-16/h1-13,21-23,27-28H,14-15H2/t21?,22-,23?/m1/s1. The predicted molar refractivity (Wildman–Crippen MR) is 109 cm³/mol. The van der Waals surface area contributed by atoms with Gasteiger partial charge in [0.2, 0.25) is 5.91 Å². The number of halogens is 1. The molecule has 0 aliphatic carbocycles. The zero-order valence-corrected chi connectivity index (χ0v) is 15.8. The van der Waals surface area contributed by atoms with Crippen LogP contribution in [0.25, 0.3) is 0 Å². The highest BCUT2D eigenvalue weighted by Crippen LogP contribution is 2.46. The lowest BCUT2D eigenvalue weighted by molar-refractivity contribution is -0.131. The summed E-state index contributed by atoms with van der Waals surface area (Å²) in [6.07, 6.45) is 0.356. The zero-order chi connectivity index (χ0) is 20.4. The molecule has 2 N–H and O–H groups in total. The summed E-state index contributed by atoms with van der Waals surface area (Å²) in [4.78, 5) is 14.6. The van der Waals surface area contributed by atoms with Crippen LogP contribution >= 0.6 is 0 Å². The maximum atomic E-state index is 13.3. The number of anilines is 1. The Balaban J connectivity index is 1.56. The molecule has 2 unspecified atom stereocenters. The molecule has 1 aliphatic heterocycles. The van der Waals surface area contributed by atoms with Crippen LogP contribution in [0.4, 0.5) is 10.1 Å². The first-order chi connectivity index (χ1) is 14.0. The van der Waals surface area contributed by atoms with E-state index in [4.69, 9.17) is 0 Å². The first-order valence-corrected chi connectivity index (χ1v) is 9.65. The lowest BCUT2D eigenvalue weighted by Crippen LogP contribution is -2.55. The number of carbonyl (C=O) groups excluding carboxylic acids is 1. The highest BCUT2D eigenvalue weighted by atomic mass is 19.1. The van der Waals surface area contributed by atoms with Gasteiger partial charge in [0.25, 0.3) is 0 Å². The van der Waals surface area contributed by atoms with Crippen LogP contribution in [0.15, 0.2) is 78.9 Å². The number of β-lactam (4-membered cyclic amide) rings is 1. The van der Waals surface area contributed by atoms with E-state index < -0.39 is 6.10 Å². The third kappa shape index (κ3) is 3.87. The van der Waals surface area contributed by atoms with Gasteiger partial charge in [-0.15, -0.1) is 0 Å². The Morgan fingerprint density at radius 2 is 1.59 bits per heavy atom. The molecule has 0 aromatic heterocycles. The number of hydrogen-bond donors (Lipinski definition) is 2. The van der Waals surface area contributed by atoms with Crippen LogP contribution in [0.3, 0.4) is 0 Å². The molecule has 0 spiro atoms. The van der Waals surface area contributed by atoms with Crippen molar-refractivity contribution >= 4 is 11.6 Å². The third-order valence-corrected chi connectivity index (χ3v) is 5.49. The topological polar surface area (TPSA) is 60.8 Å². The molecule has 148 valence electrons. The van der Waals surface area contributed by atoms with Crippen molar-refractivity contribution in [2.45, 2.75) is 25.0 Å². The van der Waals surface area contributed by atoms with Gasteiger partial charge < -0.3 is 15.1 Å². The first kappa shape index (κ1) is 19.2.